The summed E-state index contributed by atoms with van der Waals surface area (Å²) in [4.78, 5) is 16.8. The number of hydrogen-bond donors (Lipinski definition) is 1. The Morgan fingerprint density at radius 2 is 1.72 bits per heavy atom. The largest absolute Gasteiger partial charge is 0.506 e. The van der Waals surface area contributed by atoms with Crippen molar-refractivity contribution in [3.8, 4) is 0 Å². The van der Waals surface area contributed by atoms with E-state index in [2.05, 4.69) is 17.1 Å². The summed E-state index contributed by atoms with van der Waals surface area (Å²) in [6, 6.07) is 23.5. The molecular formula is C25H25NO3. The Bertz CT molecular complexity index is 1020. The summed E-state index contributed by atoms with van der Waals surface area (Å²) in [5, 5.41) is 12.8. The number of carbonyl (C=O) groups is 1. The first-order chi connectivity index (χ1) is 14.2. The molecule has 3 aromatic carbocycles. The predicted octanol–water partition coefficient (Wildman–Crippen LogP) is 5.38. The van der Waals surface area contributed by atoms with Crippen LogP contribution in [-0.2, 0) is 16.0 Å². The first-order valence-electron chi connectivity index (χ1n) is 9.83. The van der Waals surface area contributed by atoms with Gasteiger partial charge in [-0.15, -0.1) is 0 Å². The highest BCUT2D eigenvalue weighted by molar-refractivity contribution is 6.16. The lowest BCUT2D eigenvalue weighted by Gasteiger charge is -2.09. The number of ether oxygens (including phenoxy) is 1. The third kappa shape index (κ3) is 5.32. The van der Waals surface area contributed by atoms with Gasteiger partial charge in [-0.1, -0.05) is 72.8 Å². The lowest BCUT2D eigenvalue weighted by atomic mass is 10.0. The van der Waals surface area contributed by atoms with Crippen LogP contribution in [0.5, 0.6) is 0 Å². The average Bonchev–Trinajstić information content (AvgIpc) is 2.76. The Labute approximate surface area is 171 Å². The molecule has 0 radical (unpaired) electrons. The smallest absolute Gasteiger partial charge is 0.343 e. The van der Waals surface area contributed by atoms with E-state index < -0.39 is 5.97 Å². The number of aliphatic hydroxyl groups is 1. The van der Waals surface area contributed by atoms with Gasteiger partial charge in [0.2, 0.25) is 0 Å². The molecule has 1 N–H and O–H groups in total. The SMILES string of the molecule is CCOC(=O)C(C=NCCCc1ccccc1)=C(O)c1cccc2ccccc12. The van der Waals surface area contributed by atoms with Crippen molar-refractivity contribution in [1.29, 1.82) is 0 Å². The van der Waals surface area contributed by atoms with E-state index in [0.717, 1.165) is 23.6 Å². The molecule has 148 valence electrons. The zero-order chi connectivity index (χ0) is 20.5. The van der Waals surface area contributed by atoms with Crippen LogP contribution in [0.1, 0.15) is 24.5 Å². The summed E-state index contributed by atoms with van der Waals surface area (Å²) in [7, 11) is 0. The van der Waals surface area contributed by atoms with Crippen LogP contribution in [0.15, 0.2) is 83.4 Å². The van der Waals surface area contributed by atoms with Gasteiger partial charge in [0, 0.05) is 18.3 Å². The summed E-state index contributed by atoms with van der Waals surface area (Å²) in [5.41, 5.74) is 1.91. The monoisotopic (exact) mass is 387 g/mol. The van der Waals surface area contributed by atoms with Crippen LogP contribution in [0.2, 0.25) is 0 Å². The number of aryl methyl sites for hydroxylation is 1. The summed E-state index contributed by atoms with van der Waals surface area (Å²) in [5.74, 6) is -0.697. The quantitative estimate of drug-likeness (QED) is 0.186. The Morgan fingerprint density at radius 1 is 1.00 bits per heavy atom. The molecule has 0 heterocycles. The van der Waals surface area contributed by atoms with E-state index >= 15 is 0 Å². The highest BCUT2D eigenvalue weighted by Gasteiger charge is 2.17. The molecular weight excluding hydrogens is 362 g/mol. The number of fused-ring (bicyclic) bond motifs is 1. The maximum absolute atomic E-state index is 12.4. The molecule has 0 saturated carbocycles. The third-order valence-corrected chi connectivity index (χ3v) is 4.61. The number of carbonyl (C=O) groups excluding carboxylic acids is 1. The second kappa shape index (κ2) is 10.2. The van der Waals surface area contributed by atoms with Gasteiger partial charge in [-0.25, -0.2) is 4.79 Å². The van der Waals surface area contributed by atoms with E-state index in [0.29, 0.717) is 12.1 Å². The molecule has 0 saturated heterocycles. The number of aliphatic hydroxyl groups excluding tert-OH is 1. The van der Waals surface area contributed by atoms with Gasteiger partial charge < -0.3 is 9.84 Å². The van der Waals surface area contributed by atoms with Crippen molar-refractivity contribution >= 4 is 28.7 Å². The van der Waals surface area contributed by atoms with Crippen LogP contribution >= 0.6 is 0 Å². The molecule has 29 heavy (non-hydrogen) atoms. The van der Waals surface area contributed by atoms with E-state index in [4.69, 9.17) is 4.74 Å². The molecule has 0 amide bonds. The van der Waals surface area contributed by atoms with E-state index in [-0.39, 0.29) is 17.9 Å². The van der Waals surface area contributed by atoms with E-state index in [9.17, 15) is 9.90 Å². The van der Waals surface area contributed by atoms with Crippen molar-refractivity contribution in [3.05, 3.63) is 89.5 Å². The minimum absolute atomic E-state index is 0.0721. The van der Waals surface area contributed by atoms with E-state index in [1.54, 1.807) is 13.0 Å². The van der Waals surface area contributed by atoms with Gasteiger partial charge in [-0.3, -0.25) is 4.99 Å². The molecule has 0 unspecified atom stereocenters. The summed E-state index contributed by atoms with van der Waals surface area (Å²) in [6.45, 7) is 2.52. The lowest BCUT2D eigenvalue weighted by molar-refractivity contribution is -0.137. The molecule has 3 aromatic rings. The average molecular weight is 387 g/mol. The van der Waals surface area contributed by atoms with E-state index in [1.165, 1.54) is 11.8 Å². The standard InChI is InChI=1S/C25H25NO3/c1-2-29-25(28)23(18-26-17-9-12-19-10-4-3-5-11-19)24(27)22-16-8-14-20-13-6-7-15-21(20)22/h3-8,10-11,13-16,18,27H,2,9,12,17H2,1H3. The molecule has 0 spiro atoms. The number of esters is 1. The van der Waals surface area contributed by atoms with E-state index in [1.807, 2.05) is 54.6 Å². The topological polar surface area (TPSA) is 58.9 Å². The Balaban J connectivity index is 1.82. The van der Waals surface area contributed by atoms with Gasteiger partial charge >= 0.3 is 5.97 Å². The van der Waals surface area contributed by atoms with Gasteiger partial charge in [0.05, 0.1) is 6.61 Å². The maximum atomic E-state index is 12.4. The zero-order valence-corrected chi connectivity index (χ0v) is 16.5. The van der Waals surface area contributed by atoms with Gasteiger partial charge in [-0.05, 0) is 36.1 Å². The highest BCUT2D eigenvalue weighted by atomic mass is 16.5. The first kappa shape index (κ1) is 20.3. The van der Waals surface area contributed by atoms with Crippen LogP contribution < -0.4 is 0 Å². The second-order valence-electron chi connectivity index (χ2n) is 6.63. The van der Waals surface area contributed by atoms with Gasteiger partial charge in [0.1, 0.15) is 11.3 Å². The van der Waals surface area contributed by atoms with Gasteiger partial charge in [0.25, 0.3) is 0 Å². The Kier molecular flexibility index (Phi) is 7.17. The van der Waals surface area contributed by atoms with Crippen molar-refractivity contribution in [3.63, 3.8) is 0 Å². The minimum atomic E-state index is -0.579. The van der Waals surface area contributed by atoms with Gasteiger partial charge in [0.15, 0.2) is 0 Å². The molecule has 0 atom stereocenters. The number of benzene rings is 3. The first-order valence-corrected chi connectivity index (χ1v) is 9.83. The minimum Gasteiger partial charge on any atom is -0.506 e. The zero-order valence-electron chi connectivity index (χ0n) is 16.5. The summed E-state index contributed by atoms with van der Waals surface area (Å²) in [6.07, 6.45) is 3.19. The van der Waals surface area contributed by atoms with Crippen LogP contribution in [0.25, 0.3) is 16.5 Å². The molecule has 4 nitrogen and oxygen atoms in total. The normalized spacial score (nSPS) is 12.2. The fraction of sp³-hybridized carbons (Fsp3) is 0.200. The van der Waals surface area contributed by atoms with Crippen LogP contribution in [0, 0.1) is 0 Å². The van der Waals surface area contributed by atoms with Crippen molar-refractivity contribution < 1.29 is 14.6 Å². The Morgan fingerprint density at radius 3 is 2.52 bits per heavy atom. The molecule has 0 aromatic heterocycles. The molecule has 0 bridgehead atoms. The molecule has 0 aliphatic heterocycles. The number of rotatable bonds is 8. The van der Waals surface area contributed by atoms with Crippen molar-refractivity contribution in [1.82, 2.24) is 0 Å². The van der Waals surface area contributed by atoms with Crippen LogP contribution in [0.4, 0.5) is 0 Å². The second-order valence-corrected chi connectivity index (χ2v) is 6.63. The summed E-state index contributed by atoms with van der Waals surface area (Å²) < 4.78 is 5.14. The molecule has 3 rings (SSSR count). The summed E-state index contributed by atoms with van der Waals surface area (Å²) >= 11 is 0. The van der Waals surface area contributed by atoms with Crippen molar-refractivity contribution in [2.45, 2.75) is 19.8 Å². The number of nitrogens with zero attached hydrogens (tertiary/aromatic N) is 1. The fourth-order valence-electron chi connectivity index (χ4n) is 3.17. The molecule has 0 aliphatic rings. The van der Waals surface area contributed by atoms with Crippen LogP contribution in [-0.4, -0.2) is 30.4 Å². The Hall–Kier alpha value is -3.40. The van der Waals surface area contributed by atoms with Crippen LogP contribution in [0.3, 0.4) is 0 Å². The third-order valence-electron chi connectivity index (χ3n) is 4.61. The number of aliphatic imine (C=N–C) groups is 1. The van der Waals surface area contributed by atoms with Crippen molar-refractivity contribution in [2.75, 3.05) is 13.2 Å². The number of hydrogen-bond acceptors (Lipinski definition) is 4. The molecule has 0 fully saturated rings. The molecule has 4 heteroatoms. The fourth-order valence-corrected chi connectivity index (χ4v) is 3.17. The van der Waals surface area contributed by atoms with Gasteiger partial charge in [-0.2, -0.15) is 0 Å². The van der Waals surface area contributed by atoms with Crippen molar-refractivity contribution in [2.24, 2.45) is 4.99 Å². The molecule has 0 aliphatic carbocycles. The predicted molar refractivity (Wildman–Crippen MR) is 118 cm³/mol. The highest BCUT2D eigenvalue weighted by Crippen LogP contribution is 2.25. The maximum Gasteiger partial charge on any atom is 0.343 e. The lowest BCUT2D eigenvalue weighted by Crippen LogP contribution is -2.11.